The van der Waals surface area contributed by atoms with Crippen LogP contribution in [0, 0.1) is 5.92 Å². The van der Waals surface area contributed by atoms with Crippen LogP contribution in [-0.4, -0.2) is 23.6 Å². The van der Waals surface area contributed by atoms with E-state index in [0.29, 0.717) is 0 Å². The van der Waals surface area contributed by atoms with Gasteiger partial charge in [0.05, 0.1) is 0 Å². The summed E-state index contributed by atoms with van der Waals surface area (Å²) in [7, 11) is 0. The molecule has 0 spiro atoms. The van der Waals surface area contributed by atoms with Crippen molar-refractivity contribution >= 4 is 11.8 Å². The van der Waals surface area contributed by atoms with Gasteiger partial charge in [-0.25, -0.2) is 0 Å². The van der Waals surface area contributed by atoms with Gasteiger partial charge in [0, 0.05) is 11.3 Å². The normalized spacial score (nSPS) is 23.6. The van der Waals surface area contributed by atoms with Gasteiger partial charge in [0.1, 0.15) is 0 Å². The first kappa shape index (κ1) is 14.4. The topological polar surface area (TPSA) is 12.0 Å². The molecule has 2 unspecified atom stereocenters. The van der Waals surface area contributed by atoms with Gasteiger partial charge in [-0.3, -0.25) is 0 Å². The van der Waals surface area contributed by atoms with Crippen LogP contribution in [0.2, 0.25) is 0 Å². The minimum absolute atomic E-state index is 0.764. The molecule has 1 aliphatic rings. The summed E-state index contributed by atoms with van der Waals surface area (Å²) in [6, 6.07) is 0.764. The van der Waals surface area contributed by atoms with Crippen molar-refractivity contribution in [2.24, 2.45) is 5.92 Å². The van der Waals surface area contributed by atoms with Gasteiger partial charge in [0.15, 0.2) is 0 Å². The molecule has 1 aliphatic heterocycles. The van der Waals surface area contributed by atoms with E-state index in [2.05, 4.69) is 37.8 Å². The third-order valence-corrected chi connectivity index (χ3v) is 5.28. The van der Waals surface area contributed by atoms with Gasteiger partial charge in [0.25, 0.3) is 0 Å². The monoisotopic (exact) mass is 243 g/mol. The lowest BCUT2D eigenvalue weighted by molar-refractivity contribution is 0.315. The molecule has 2 heteroatoms. The highest BCUT2D eigenvalue weighted by atomic mass is 32.2. The molecule has 2 atom stereocenters. The lowest BCUT2D eigenvalue weighted by atomic mass is 9.89. The Kier molecular flexibility index (Phi) is 7.55. The van der Waals surface area contributed by atoms with Crippen molar-refractivity contribution in [2.75, 3.05) is 12.3 Å². The minimum atomic E-state index is 0.764. The first-order valence-electron chi connectivity index (χ1n) is 7.18. The van der Waals surface area contributed by atoms with Gasteiger partial charge >= 0.3 is 0 Å². The number of rotatable bonds is 7. The van der Waals surface area contributed by atoms with Gasteiger partial charge in [-0.05, 0) is 37.5 Å². The molecule has 0 amide bonds. The van der Waals surface area contributed by atoms with Crippen molar-refractivity contribution in [3.63, 3.8) is 0 Å². The second-order valence-corrected chi connectivity index (χ2v) is 6.31. The van der Waals surface area contributed by atoms with Gasteiger partial charge in [-0.1, -0.05) is 40.0 Å². The van der Waals surface area contributed by atoms with Crippen LogP contribution in [0.25, 0.3) is 0 Å². The van der Waals surface area contributed by atoms with E-state index >= 15 is 0 Å². The van der Waals surface area contributed by atoms with Crippen LogP contribution in [0.1, 0.15) is 59.3 Å². The summed E-state index contributed by atoms with van der Waals surface area (Å²) in [5, 5.41) is 4.70. The van der Waals surface area contributed by atoms with E-state index in [4.69, 9.17) is 0 Å². The Bertz CT molecular complexity index is 162. The summed E-state index contributed by atoms with van der Waals surface area (Å²) < 4.78 is 0. The van der Waals surface area contributed by atoms with Gasteiger partial charge in [-0.2, -0.15) is 11.8 Å². The maximum atomic E-state index is 3.82. The molecule has 1 heterocycles. The Hall–Kier alpha value is 0.310. The highest BCUT2D eigenvalue weighted by Crippen LogP contribution is 2.32. The molecule has 0 aromatic heterocycles. The highest BCUT2D eigenvalue weighted by Gasteiger charge is 2.28. The minimum Gasteiger partial charge on any atom is -0.313 e. The number of hydrogen-bond donors (Lipinski definition) is 1. The van der Waals surface area contributed by atoms with Crippen molar-refractivity contribution in [1.29, 1.82) is 0 Å². The maximum absolute atomic E-state index is 3.82. The molecule has 1 N–H and O–H groups in total. The molecule has 0 saturated carbocycles. The van der Waals surface area contributed by atoms with Crippen molar-refractivity contribution in [1.82, 2.24) is 5.32 Å². The Morgan fingerprint density at radius 1 is 1.19 bits per heavy atom. The first-order valence-corrected chi connectivity index (χ1v) is 8.23. The SMILES string of the molecule is CCCNC(C(CC)CC)C1CCCCS1. The predicted octanol–water partition coefficient (Wildman–Crippen LogP) is 4.08. The van der Waals surface area contributed by atoms with E-state index in [1.807, 2.05) is 0 Å². The third-order valence-electron chi connectivity index (χ3n) is 3.80. The summed E-state index contributed by atoms with van der Waals surface area (Å²) in [6.45, 7) is 8.16. The highest BCUT2D eigenvalue weighted by molar-refractivity contribution is 8.00. The Balaban J connectivity index is 2.52. The molecule has 0 radical (unpaired) electrons. The van der Waals surface area contributed by atoms with Crippen LogP contribution in [0.3, 0.4) is 0 Å². The van der Waals surface area contributed by atoms with Crippen LogP contribution in [0.4, 0.5) is 0 Å². The molecular weight excluding hydrogens is 214 g/mol. The summed E-state index contributed by atoms with van der Waals surface area (Å²) >= 11 is 2.22. The summed E-state index contributed by atoms with van der Waals surface area (Å²) in [4.78, 5) is 0. The fraction of sp³-hybridized carbons (Fsp3) is 1.00. The smallest absolute Gasteiger partial charge is 0.0214 e. The second kappa shape index (κ2) is 8.41. The van der Waals surface area contributed by atoms with Crippen molar-refractivity contribution in [3.8, 4) is 0 Å². The van der Waals surface area contributed by atoms with E-state index in [1.54, 1.807) is 0 Å². The molecule has 0 bridgehead atoms. The van der Waals surface area contributed by atoms with Gasteiger partial charge in [0.2, 0.25) is 0 Å². The van der Waals surface area contributed by atoms with E-state index in [1.165, 1.54) is 50.8 Å². The molecule has 0 aliphatic carbocycles. The van der Waals surface area contributed by atoms with Crippen LogP contribution < -0.4 is 5.32 Å². The Labute approximate surface area is 106 Å². The molecule has 96 valence electrons. The number of hydrogen-bond acceptors (Lipinski definition) is 2. The zero-order valence-electron chi connectivity index (χ0n) is 11.3. The molecular formula is C14H29NS. The van der Waals surface area contributed by atoms with Gasteiger partial charge in [-0.15, -0.1) is 0 Å². The third kappa shape index (κ3) is 4.29. The zero-order valence-corrected chi connectivity index (χ0v) is 12.1. The largest absolute Gasteiger partial charge is 0.313 e. The summed E-state index contributed by atoms with van der Waals surface area (Å²) in [6.07, 6.45) is 8.23. The lowest BCUT2D eigenvalue weighted by Crippen LogP contribution is -2.45. The van der Waals surface area contributed by atoms with Crippen LogP contribution in [0.15, 0.2) is 0 Å². The fourth-order valence-electron chi connectivity index (χ4n) is 2.76. The number of nitrogens with one attached hydrogen (secondary N) is 1. The summed E-state index contributed by atoms with van der Waals surface area (Å²) in [5.41, 5.74) is 0. The van der Waals surface area contributed by atoms with Crippen molar-refractivity contribution in [3.05, 3.63) is 0 Å². The fourth-order valence-corrected chi connectivity index (χ4v) is 4.29. The zero-order chi connectivity index (χ0) is 11.8. The van der Waals surface area contributed by atoms with Crippen molar-refractivity contribution in [2.45, 2.75) is 70.6 Å². The number of thioether (sulfide) groups is 1. The lowest BCUT2D eigenvalue weighted by Gasteiger charge is -2.35. The second-order valence-electron chi connectivity index (χ2n) is 4.96. The van der Waals surface area contributed by atoms with E-state index in [9.17, 15) is 0 Å². The van der Waals surface area contributed by atoms with E-state index < -0.39 is 0 Å². The van der Waals surface area contributed by atoms with E-state index in [-0.39, 0.29) is 0 Å². The Morgan fingerprint density at radius 3 is 2.44 bits per heavy atom. The standard InChI is InChI=1S/C14H29NS/c1-4-10-15-14(12(5-2)6-3)13-9-7-8-11-16-13/h12-15H,4-11H2,1-3H3. The van der Waals surface area contributed by atoms with Crippen LogP contribution in [0.5, 0.6) is 0 Å². The average Bonchev–Trinajstić information content (AvgIpc) is 2.35. The van der Waals surface area contributed by atoms with E-state index in [0.717, 1.165) is 17.2 Å². The quantitative estimate of drug-likeness (QED) is 0.723. The molecule has 0 aromatic rings. The Morgan fingerprint density at radius 2 is 1.94 bits per heavy atom. The molecule has 1 fully saturated rings. The molecule has 1 rings (SSSR count). The molecule has 1 nitrogen and oxygen atoms in total. The maximum Gasteiger partial charge on any atom is 0.0214 e. The van der Waals surface area contributed by atoms with Crippen LogP contribution in [-0.2, 0) is 0 Å². The molecule has 16 heavy (non-hydrogen) atoms. The van der Waals surface area contributed by atoms with Crippen molar-refractivity contribution < 1.29 is 0 Å². The summed E-state index contributed by atoms with van der Waals surface area (Å²) in [5.74, 6) is 2.26. The molecule has 1 saturated heterocycles. The van der Waals surface area contributed by atoms with Crippen LogP contribution >= 0.6 is 11.8 Å². The predicted molar refractivity (Wildman–Crippen MR) is 76.3 cm³/mol. The molecule has 0 aromatic carbocycles. The first-order chi connectivity index (χ1) is 7.83. The van der Waals surface area contributed by atoms with Gasteiger partial charge < -0.3 is 5.32 Å². The average molecular weight is 243 g/mol.